The van der Waals surface area contributed by atoms with Gasteiger partial charge in [-0.2, -0.15) is 0 Å². The Labute approximate surface area is 84.4 Å². The molecule has 8 heavy (non-hydrogen) atoms. The van der Waals surface area contributed by atoms with Gasteiger partial charge in [0.2, 0.25) is 5.56 Å². The van der Waals surface area contributed by atoms with Crippen LogP contribution in [-0.4, -0.2) is 68.7 Å². The fourth-order valence-corrected chi connectivity index (χ4v) is 0. The summed E-state index contributed by atoms with van der Waals surface area (Å²) < 4.78 is 0. The molecule has 0 amide bonds. The summed E-state index contributed by atoms with van der Waals surface area (Å²) in [6.45, 7) is 0. The number of carboxylic acid groups (broad SMARTS) is 1. The number of alkyl halides is 1. The Morgan fingerprint density at radius 1 is 1.62 bits per heavy atom. The molecule has 44 valence electrons. The molecule has 0 bridgehead atoms. The van der Waals surface area contributed by atoms with Gasteiger partial charge in [-0.3, -0.25) is 0 Å². The molecule has 1 unspecified atom stereocenters. The predicted octanol–water partition coefficient (Wildman–Crippen LogP) is -2.20. The molecule has 2 N–H and O–H groups in total. The topological polar surface area (TPSA) is 57.5 Å². The van der Waals surface area contributed by atoms with Crippen molar-refractivity contribution in [3.63, 3.8) is 0 Å². The van der Waals surface area contributed by atoms with Crippen molar-refractivity contribution in [1.82, 2.24) is 0 Å². The maximum absolute atomic E-state index is 9.32. The molecule has 6 heteroatoms. The Bertz CT molecular complexity index is 68.3. The van der Waals surface area contributed by atoms with Crippen LogP contribution in [0.3, 0.4) is 0 Å². The summed E-state index contributed by atoms with van der Waals surface area (Å²) in [7, 11) is 0. The molecule has 0 heterocycles. The molecule has 3 nitrogen and oxygen atoms in total. The van der Waals surface area contributed by atoms with E-state index in [4.69, 9.17) is 10.2 Å². The summed E-state index contributed by atoms with van der Waals surface area (Å²) in [5, 5.41) is 15.4. The minimum absolute atomic E-state index is 0. The first-order valence-electron chi connectivity index (χ1n) is 1.19. The van der Waals surface area contributed by atoms with Crippen molar-refractivity contribution < 1.29 is 15.0 Å². The third-order valence-corrected chi connectivity index (χ3v) is 0.390. The summed E-state index contributed by atoms with van der Waals surface area (Å²) >= 11 is 4.57. The third kappa shape index (κ3) is 10.3. The molecule has 0 aromatic carbocycles. The monoisotopic (exact) mass is 164 g/mol. The molecule has 0 aliphatic carbocycles. The van der Waals surface area contributed by atoms with Crippen LogP contribution in [0.5, 0.6) is 0 Å². The van der Waals surface area contributed by atoms with E-state index in [1.807, 2.05) is 0 Å². The van der Waals surface area contributed by atoms with Crippen LogP contribution < -0.4 is 0 Å². The van der Waals surface area contributed by atoms with Crippen molar-refractivity contribution in [3.8, 4) is 0 Å². The zero-order valence-corrected chi connectivity index (χ0v) is 3.51. The van der Waals surface area contributed by atoms with Crippen molar-refractivity contribution in [2.45, 2.75) is 5.56 Å². The first kappa shape index (κ1) is 16.1. The van der Waals surface area contributed by atoms with Crippen LogP contribution >= 0.6 is 11.6 Å². The van der Waals surface area contributed by atoms with E-state index in [-0.39, 0.29) is 46.9 Å². The first-order chi connectivity index (χ1) is 2.64. The Hall–Kier alpha value is 1.25. The van der Waals surface area contributed by atoms with E-state index in [0.29, 0.717) is 0 Å². The van der Waals surface area contributed by atoms with E-state index in [1.165, 1.54) is 0 Å². The molecule has 0 rings (SSSR count). The molecule has 0 aliphatic rings. The van der Waals surface area contributed by atoms with Crippen LogP contribution in [0.1, 0.15) is 0 Å². The first-order valence-corrected chi connectivity index (χ1v) is 1.63. The van der Waals surface area contributed by atoms with E-state index in [2.05, 4.69) is 11.6 Å². The fraction of sp³-hybridized carbons (Fsp3) is 0.500. The fourth-order valence-electron chi connectivity index (χ4n) is 0. The van der Waals surface area contributed by atoms with E-state index < -0.39 is 11.5 Å². The Kier molecular flexibility index (Phi) is 16.6. The van der Waals surface area contributed by atoms with Crippen LogP contribution in [0, 0.1) is 0 Å². The number of carboxylic acids is 1. The molecule has 0 radical (unpaired) electrons. The van der Waals surface area contributed by atoms with Gasteiger partial charge in [-0.05, 0) is 0 Å². The van der Waals surface area contributed by atoms with Crippen molar-refractivity contribution in [2.75, 3.05) is 0 Å². The second kappa shape index (κ2) is 8.25. The van der Waals surface area contributed by atoms with E-state index in [1.54, 1.807) is 0 Å². The van der Waals surface area contributed by atoms with E-state index >= 15 is 0 Å². The van der Waals surface area contributed by atoms with Gasteiger partial charge < -0.3 is 10.2 Å². The molecule has 0 fully saturated rings. The van der Waals surface area contributed by atoms with Crippen molar-refractivity contribution in [2.24, 2.45) is 0 Å². The number of aliphatic carboxylic acids is 1. The van der Waals surface area contributed by atoms with Gasteiger partial charge >= 0.3 is 35.5 Å². The zero-order chi connectivity index (χ0) is 5.15. The van der Waals surface area contributed by atoms with Gasteiger partial charge in [0.1, 0.15) is 0 Å². The van der Waals surface area contributed by atoms with E-state index in [9.17, 15) is 4.79 Å². The number of carbonyl (C=O) groups is 1. The summed E-state index contributed by atoms with van der Waals surface area (Å²) in [5.74, 6) is -1.42. The van der Waals surface area contributed by atoms with E-state index in [0.717, 1.165) is 0 Å². The molecular weight excluding hydrogens is 157 g/mol. The molecular formula is C2H7AlClNaO3. The van der Waals surface area contributed by atoms with Crippen LogP contribution in [-0.2, 0) is 4.79 Å². The van der Waals surface area contributed by atoms with Gasteiger partial charge in [-0.25, -0.2) is 4.79 Å². The standard InChI is InChI=1S/C2H3ClO3.Al.Na.4H/c3-1(4)2(5)6;;;;;;/h1,4H,(H,5,6);;;;;;. The average Bonchev–Trinajstić information content (AvgIpc) is 1.36. The average molecular weight is 165 g/mol. The number of hydrogen-bond acceptors (Lipinski definition) is 2. The zero-order valence-electron chi connectivity index (χ0n) is 2.76. The van der Waals surface area contributed by atoms with Crippen molar-refractivity contribution in [3.05, 3.63) is 0 Å². The van der Waals surface area contributed by atoms with Crippen LogP contribution in [0.2, 0.25) is 0 Å². The number of aliphatic hydroxyl groups is 1. The van der Waals surface area contributed by atoms with Gasteiger partial charge in [-0.1, -0.05) is 11.6 Å². The number of aliphatic hydroxyl groups excluding tert-OH is 1. The Morgan fingerprint density at radius 2 is 1.75 bits per heavy atom. The van der Waals surface area contributed by atoms with Crippen LogP contribution in [0.4, 0.5) is 0 Å². The van der Waals surface area contributed by atoms with Gasteiger partial charge in [0.05, 0.1) is 0 Å². The molecule has 0 aliphatic heterocycles. The summed E-state index contributed by atoms with van der Waals surface area (Å²) in [6.07, 6.45) is 0. The quantitative estimate of drug-likeness (QED) is 0.342. The second-order valence-electron chi connectivity index (χ2n) is 0.674. The van der Waals surface area contributed by atoms with Gasteiger partial charge in [0.15, 0.2) is 17.4 Å². The van der Waals surface area contributed by atoms with Gasteiger partial charge in [0.25, 0.3) is 0 Å². The number of halogens is 1. The normalized spacial score (nSPS) is 10.2. The molecule has 0 spiro atoms. The molecule has 0 aromatic rings. The molecule has 0 saturated heterocycles. The maximum atomic E-state index is 9.32. The summed E-state index contributed by atoms with van der Waals surface area (Å²) in [4.78, 5) is 9.32. The predicted molar refractivity (Wildman–Crippen MR) is 36.6 cm³/mol. The SMILES string of the molecule is O=C(O)C(O)Cl.[AlH3].[NaH]. The number of rotatable bonds is 1. The van der Waals surface area contributed by atoms with Gasteiger partial charge in [-0.15, -0.1) is 0 Å². The third-order valence-electron chi connectivity index (χ3n) is 0.204. The van der Waals surface area contributed by atoms with Crippen LogP contribution in [0.25, 0.3) is 0 Å². The molecule has 0 aromatic heterocycles. The Morgan fingerprint density at radius 3 is 1.75 bits per heavy atom. The van der Waals surface area contributed by atoms with Crippen molar-refractivity contribution in [1.29, 1.82) is 0 Å². The second-order valence-corrected chi connectivity index (χ2v) is 1.09. The number of hydrogen-bond donors (Lipinski definition) is 2. The molecule has 1 atom stereocenters. The summed E-state index contributed by atoms with van der Waals surface area (Å²) in [6, 6.07) is 0. The minimum atomic E-state index is -1.76. The van der Waals surface area contributed by atoms with Crippen molar-refractivity contribution >= 4 is 64.5 Å². The van der Waals surface area contributed by atoms with Gasteiger partial charge in [0, 0.05) is 0 Å². The summed E-state index contributed by atoms with van der Waals surface area (Å²) in [5.41, 5.74) is -1.76. The Balaban J connectivity index is -0.000000125. The molecule has 0 saturated carbocycles. The van der Waals surface area contributed by atoms with Crippen LogP contribution in [0.15, 0.2) is 0 Å².